The van der Waals surface area contributed by atoms with E-state index in [4.69, 9.17) is 15.9 Å². The van der Waals surface area contributed by atoms with Crippen molar-refractivity contribution in [3.8, 4) is 0 Å². The van der Waals surface area contributed by atoms with Crippen LogP contribution in [0.5, 0.6) is 0 Å². The molecule has 12 heavy (non-hydrogen) atoms. The zero-order valence-corrected chi connectivity index (χ0v) is 6.49. The summed E-state index contributed by atoms with van der Waals surface area (Å²) in [6.07, 6.45) is -0.234. The highest BCUT2D eigenvalue weighted by Crippen LogP contribution is 2.06. The van der Waals surface area contributed by atoms with Crippen molar-refractivity contribution in [3.05, 3.63) is 12.2 Å². The van der Waals surface area contributed by atoms with Gasteiger partial charge >= 0.3 is 11.9 Å². The molecule has 0 rings (SSSR count). The second-order valence-electron chi connectivity index (χ2n) is 2.47. The van der Waals surface area contributed by atoms with E-state index in [1.807, 2.05) is 0 Å². The summed E-state index contributed by atoms with van der Waals surface area (Å²) in [6.45, 7) is 3.39. The van der Waals surface area contributed by atoms with Crippen molar-refractivity contribution in [1.82, 2.24) is 0 Å². The predicted molar refractivity (Wildman–Crippen MR) is 41.6 cm³/mol. The summed E-state index contributed by atoms with van der Waals surface area (Å²) in [6, 6.07) is -1.06. The first-order valence-electron chi connectivity index (χ1n) is 3.30. The lowest BCUT2D eigenvalue weighted by Gasteiger charge is -2.06. The molecule has 0 amide bonds. The van der Waals surface area contributed by atoms with E-state index in [0.29, 0.717) is 5.57 Å². The van der Waals surface area contributed by atoms with Crippen molar-refractivity contribution in [2.24, 2.45) is 5.73 Å². The van der Waals surface area contributed by atoms with Gasteiger partial charge in [-0.1, -0.05) is 12.2 Å². The van der Waals surface area contributed by atoms with E-state index >= 15 is 0 Å². The fraction of sp³-hybridized carbons (Fsp3) is 0.429. The molecular weight excluding hydrogens is 162 g/mol. The molecule has 0 spiro atoms. The van der Waals surface area contributed by atoms with E-state index in [9.17, 15) is 9.59 Å². The minimum atomic E-state index is -1.15. The molecule has 0 aromatic rings. The maximum Gasteiger partial charge on any atom is 0.320 e. The highest BCUT2D eigenvalue weighted by molar-refractivity contribution is 5.74. The second-order valence-corrected chi connectivity index (χ2v) is 2.47. The maximum absolute atomic E-state index is 10.2. The number of carboxylic acids is 2. The first-order valence-corrected chi connectivity index (χ1v) is 3.30. The highest BCUT2D eigenvalue weighted by Gasteiger charge is 2.13. The Hall–Kier alpha value is -1.36. The molecule has 0 aliphatic carbocycles. The number of rotatable bonds is 5. The van der Waals surface area contributed by atoms with Crippen molar-refractivity contribution in [2.75, 3.05) is 0 Å². The summed E-state index contributed by atoms with van der Waals surface area (Å²) in [5, 5.41) is 16.6. The van der Waals surface area contributed by atoms with E-state index in [2.05, 4.69) is 6.58 Å². The standard InChI is InChI=1S/C7H11NO4/c1-4(3-6(9)10)2-5(8)7(11)12/h5H,1-3,8H2,(H,9,10)(H,11,12). The predicted octanol–water partition coefficient (Wildman–Crippen LogP) is -0.181. The van der Waals surface area contributed by atoms with Gasteiger partial charge in [-0.2, -0.15) is 0 Å². The van der Waals surface area contributed by atoms with Gasteiger partial charge in [0.25, 0.3) is 0 Å². The molecule has 0 aliphatic rings. The molecule has 0 aromatic carbocycles. The minimum Gasteiger partial charge on any atom is -0.481 e. The van der Waals surface area contributed by atoms with Crippen LogP contribution in [0.1, 0.15) is 12.8 Å². The molecule has 0 fully saturated rings. The van der Waals surface area contributed by atoms with Crippen LogP contribution in [0.4, 0.5) is 0 Å². The number of nitrogens with two attached hydrogens (primary N) is 1. The summed E-state index contributed by atoms with van der Waals surface area (Å²) in [4.78, 5) is 20.3. The van der Waals surface area contributed by atoms with Crippen LogP contribution in [0.25, 0.3) is 0 Å². The zero-order valence-electron chi connectivity index (χ0n) is 6.49. The van der Waals surface area contributed by atoms with E-state index in [0.717, 1.165) is 0 Å². The van der Waals surface area contributed by atoms with E-state index in [1.54, 1.807) is 0 Å². The van der Waals surface area contributed by atoms with Crippen molar-refractivity contribution >= 4 is 11.9 Å². The van der Waals surface area contributed by atoms with E-state index < -0.39 is 18.0 Å². The summed E-state index contributed by atoms with van der Waals surface area (Å²) in [5.74, 6) is -2.18. The third-order valence-electron chi connectivity index (χ3n) is 1.23. The molecule has 0 saturated carbocycles. The molecule has 4 N–H and O–H groups in total. The third kappa shape index (κ3) is 4.45. The number of carboxylic acid groups (broad SMARTS) is 2. The molecule has 0 bridgehead atoms. The fourth-order valence-corrected chi connectivity index (χ4v) is 0.684. The molecule has 0 heterocycles. The number of carbonyl (C=O) groups is 2. The summed E-state index contributed by atoms with van der Waals surface area (Å²) in [7, 11) is 0. The Morgan fingerprint density at radius 1 is 1.42 bits per heavy atom. The summed E-state index contributed by atoms with van der Waals surface area (Å²) < 4.78 is 0. The van der Waals surface area contributed by atoms with Gasteiger partial charge in [-0.05, 0) is 6.42 Å². The Morgan fingerprint density at radius 3 is 2.25 bits per heavy atom. The Kier molecular flexibility index (Phi) is 3.99. The first-order chi connectivity index (χ1) is 5.43. The maximum atomic E-state index is 10.2. The van der Waals surface area contributed by atoms with Crippen LogP contribution in [0.2, 0.25) is 0 Å². The van der Waals surface area contributed by atoms with Gasteiger partial charge in [-0.25, -0.2) is 0 Å². The molecule has 0 radical (unpaired) electrons. The normalized spacial score (nSPS) is 12.1. The van der Waals surface area contributed by atoms with Crippen molar-refractivity contribution in [3.63, 3.8) is 0 Å². The summed E-state index contributed by atoms with van der Waals surface area (Å²) >= 11 is 0. The van der Waals surface area contributed by atoms with Gasteiger partial charge in [0, 0.05) is 0 Å². The van der Waals surface area contributed by atoms with Gasteiger partial charge in [0.15, 0.2) is 0 Å². The molecule has 68 valence electrons. The van der Waals surface area contributed by atoms with Crippen LogP contribution in [0.3, 0.4) is 0 Å². The largest absolute Gasteiger partial charge is 0.481 e. The van der Waals surface area contributed by atoms with Crippen molar-refractivity contribution in [1.29, 1.82) is 0 Å². The molecular formula is C7H11NO4. The van der Waals surface area contributed by atoms with Crippen LogP contribution >= 0.6 is 0 Å². The Labute approximate surface area is 69.5 Å². The minimum absolute atomic E-state index is 0.00162. The molecule has 0 aliphatic heterocycles. The second kappa shape index (κ2) is 4.50. The number of hydrogen-bond acceptors (Lipinski definition) is 3. The average molecular weight is 173 g/mol. The quantitative estimate of drug-likeness (QED) is 0.500. The van der Waals surface area contributed by atoms with E-state index in [1.165, 1.54) is 0 Å². The SMILES string of the molecule is C=C(CC(=O)O)CC(N)C(=O)O. The van der Waals surface area contributed by atoms with Crippen molar-refractivity contribution in [2.45, 2.75) is 18.9 Å². The Balaban J connectivity index is 3.85. The highest BCUT2D eigenvalue weighted by atomic mass is 16.4. The summed E-state index contributed by atoms with van der Waals surface area (Å²) in [5.41, 5.74) is 5.46. The molecule has 5 nitrogen and oxygen atoms in total. The molecule has 1 atom stereocenters. The molecule has 1 unspecified atom stereocenters. The van der Waals surface area contributed by atoms with Crippen LogP contribution < -0.4 is 5.73 Å². The van der Waals surface area contributed by atoms with Crippen LogP contribution in [-0.2, 0) is 9.59 Å². The van der Waals surface area contributed by atoms with Crippen LogP contribution in [0, 0.1) is 0 Å². The van der Waals surface area contributed by atoms with Gasteiger partial charge in [0.05, 0.1) is 6.42 Å². The average Bonchev–Trinajstić information content (AvgIpc) is 1.84. The van der Waals surface area contributed by atoms with Crippen LogP contribution in [0.15, 0.2) is 12.2 Å². The van der Waals surface area contributed by atoms with Gasteiger partial charge in [0.1, 0.15) is 6.04 Å². The lowest BCUT2D eigenvalue weighted by molar-refractivity contribution is -0.139. The van der Waals surface area contributed by atoms with Gasteiger partial charge in [0.2, 0.25) is 0 Å². The lowest BCUT2D eigenvalue weighted by atomic mass is 10.1. The fourth-order valence-electron chi connectivity index (χ4n) is 0.684. The molecule has 5 heteroatoms. The topological polar surface area (TPSA) is 101 Å². The van der Waals surface area contributed by atoms with Gasteiger partial charge in [-0.3, -0.25) is 9.59 Å². The smallest absolute Gasteiger partial charge is 0.320 e. The number of hydrogen-bond donors (Lipinski definition) is 3. The Morgan fingerprint density at radius 2 is 1.92 bits per heavy atom. The van der Waals surface area contributed by atoms with E-state index in [-0.39, 0.29) is 12.8 Å². The lowest BCUT2D eigenvalue weighted by Crippen LogP contribution is -2.30. The monoisotopic (exact) mass is 173 g/mol. The number of aliphatic carboxylic acids is 2. The molecule has 0 saturated heterocycles. The van der Waals surface area contributed by atoms with Crippen LogP contribution in [-0.4, -0.2) is 28.2 Å². The molecule has 0 aromatic heterocycles. The third-order valence-corrected chi connectivity index (χ3v) is 1.23. The van der Waals surface area contributed by atoms with Gasteiger partial charge in [-0.15, -0.1) is 0 Å². The Bertz CT molecular complexity index is 211. The zero-order chi connectivity index (χ0) is 9.72. The van der Waals surface area contributed by atoms with Crippen molar-refractivity contribution < 1.29 is 19.8 Å². The van der Waals surface area contributed by atoms with Gasteiger partial charge < -0.3 is 15.9 Å². The first kappa shape index (κ1) is 10.6.